The summed E-state index contributed by atoms with van der Waals surface area (Å²) in [5, 5.41) is 11.9. The van der Waals surface area contributed by atoms with Gasteiger partial charge < -0.3 is 4.90 Å². The zero-order valence-corrected chi connectivity index (χ0v) is 16.1. The highest BCUT2D eigenvalue weighted by Crippen LogP contribution is 2.42. The molecule has 2 aromatic rings. The Kier molecular flexibility index (Phi) is 4.73. The monoisotopic (exact) mass is 357 g/mol. The van der Waals surface area contributed by atoms with E-state index in [2.05, 4.69) is 49.4 Å². The molecule has 0 bridgehead atoms. The quantitative estimate of drug-likeness (QED) is 0.842. The van der Waals surface area contributed by atoms with Gasteiger partial charge in [0.1, 0.15) is 0 Å². The lowest BCUT2D eigenvalue weighted by atomic mass is 9.71. The molecule has 2 aliphatic heterocycles. The molecule has 0 unspecified atom stereocenters. The third-order valence-electron chi connectivity index (χ3n) is 5.90. The van der Waals surface area contributed by atoms with Crippen molar-refractivity contribution in [3.8, 4) is 0 Å². The molecule has 1 spiro atoms. The molecule has 0 N–H and O–H groups in total. The number of hydrogen-bond donors (Lipinski definition) is 0. The van der Waals surface area contributed by atoms with Crippen molar-refractivity contribution in [3.05, 3.63) is 33.9 Å². The fraction of sp³-hybridized carbons (Fsp3) is 0.632. The van der Waals surface area contributed by atoms with E-state index >= 15 is 0 Å². The topological polar surface area (TPSA) is 45.2 Å². The van der Waals surface area contributed by atoms with Crippen molar-refractivity contribution in [2.75, 3.05) is 31.1 Å². The zero-order chi connectivity index (χ0) is 17.3. The predicted octanol–water partition coefficient (Wildman–Crippen LogP) is 3.43. The molecule has 2 fully saturated rings. The third kappa shape index (κ3) is 3.85. The molecular weight excluding hydrogens is 330 g/mol. The second-order valence-electron chi connectivity index (χ2n) is 7.65. The standard InChI is InChI=1S/C19H27N5S/c1-15-3-4-18(22-21-15)24-11-7-19(8-12-24)5-9-23(10-6-19)13-17-14-25-16(2)20-17/h3-4,14H,5-13H2,1-2H3. The smallest absolute Gasteiger partial charge is 0.151 e. The van der Waals surface area contributed by atoms with Gasteiger partial charge in [-0.25, -0.2) is 4.98 Å². The normalized spacial score (nSPS) is 21.0. The van der Waals surface area contributed by atoms with Crippen LogP contribution in [0.15, 0.2) is 17.5 Å². The van der Waals surface area contributed by atoms with Gasteiger partial charge in [0, 0.05) is 25.0 Å². The largest absolute Gasteiger partial charge is 0.355 e. The van der Waals surface area contributed by atoms with Crippen LogP contribution in [0.4, 0.5) is 5.82 Å². The summed E-state index contributed by atoms with van der Waals surface area (Å²) in [6, 6.07) is 4.17. The summed E-state index contributed by atoms with van der Waals surface area (Å²) in [5.41, 5.74) is 2.77. The lowest BCUT2D eigenvalue weighted by molar-refractivity contribution is 0.0751. The molecular formula is C19H27N5S. The van der Waals surface area contributed by atoms with Crippen LogP contribution in [0.2, 0.25) is 0 Å². The molecule has 0 atom stereocenters. The van der Waals surface area contributed by atoms with Crippen molar-refractivity contribution < 1.29 is 0 Å². The van der Waals surface area contributed by atoms with Gasteiger partial charge in [-0.1, -0.05) is 0 Å². The first-order chi connectivity index (χ1) is 12.1. The van der Waals surface area contributed by atoms with E-state index in [4.69, 9.17) is 0 Å². The predicted molar refractivity (Wildman–Crippen MR) is 102 cm³/mol. The van der Waals surface area contributed by atoms with E-state index in [1.807, 2.05) is 6.92 Å². The lowest BCUT2D eigenvalue weighted by Crippen LogP contribution is -2.46. The van der Waals surface area contributed by atoms with Gasteiger partial charge in [-0.3, -0.25) is 4.90 Å². The zero-order valence-electron chi connectivity index (χ0n) is 15.2. The molecule has 2 aromatic heterocycles. The number of piperidine rings is 2. The Morgan fingerprint density at radius 1 is 1.00 bits per heavy atom. The van der Waals surface area contributed by atoms with E-state index in [0.29, 0.717) is 5.41 Å². The summed E-state index contributed by atoms with van der Waals surface area (Å²) in [4.78, 5) is 9.60. The molecule has 4 heterocycles. The van der Waals surface area contributed by atoms with Gasteiger partial charge in [0.2, 0.25) is 0 Å². The Morgan fingerprint density at radius 2 is 1.72 bits per heavy atom. The number of anilines is 1. The molecule has 0 amide bonds. The van der Waals surface area contributed by atoms with Crippen LogP contribution in [0, 0.1) is 19.3 Å². The number of aryl methyl sites for hydroxylation is 2. The first-order valence-electron chi connectivity index (χ1n) is 9.31. The van der Waals surface area contributed by atoms with Crippen LogP contribution in [-0.2, 0) is 6.54 Å². The number of thiazole rings is 1. The van der Waals surface area contributed by atoms with Crippen molar-refractivity contribution in [2.24, 2.45) is 5.41 Å². The second kappa shape index (κ2) is 7.00. The maximum absolute atomic E-state index is 4.62. The maximum Gasteiger partial charge on any atom is 0.151 e. The van der Waals surface area contributed by atoms with Crippen molar-refractivity contribution in [3.63, 3.8) is 0 Å². The van der Waals surface area contributed by atoms with Crippen LogP contribution in [0.1, 0.15) is 42.1 Å². The molecule has 6 heteroatoms. The molecule has 0 aliphatic carbocycles. The minimum Gasteiger partial charge on any atom is -0.355 e. The summed E-state index contributed by atoms with van der Waals surface area (Å²) in [7, 11) is 0. The van der Waals surface area contributed by atoms with E-state index in [0.717, 1.165) is 31.1 Å². The molecule has 4 rings (SSSR count). The van der Waals surface area contributed by atoms with Crippen LogP contribution in [0.3, 0.4) is 0 Å². The van der Waals surface area contributed by atoms with Crippen LogP contribution in [0.25, 0.3) is 0 Å². The van der Waals surface area contributed by atoms with E-state index in [1.54, 1.807) is 11.3 Å². The summed E-state index contributed by atoms with van der Waals surface area (Å²) >= 11 is 1.76. The number of aromatic nitrogens is 3. The Morgan fingerprint density at radius 3 is 2.32 bits per heavy atom. The van der Waals surface area contributed by atoms with E-state index in [1.165, 1.54) is 49.5 Å². The SMILES string of the molecule is Cc1ccc(N2CCC3(CCN(Cc4csc(C)n4)CC3)CC2)nn1. The van der Waals surface area contributed by atoms with Gasteiger partial charge in [0.25, 0.3) is 0 Å². The van der Waals surface area contributed by atoms with Gasteiger partial charge in [-0.05, 0) is 70.2 Å². The first-order valence-corrected chi connectivity index (χ1v) is 10.2. The van der Waals surface area contributed by atoms with Crippen molar-refractivity contribution in [1.82, 2.24) is 20.1 Å². The highest BCUT2D eigenvalue weighted by atomic mass is 32.1. The van der Waals surface area contributed by atoms with Crippen LogP contribution < -0.4 is 4.90 Å². The van der Waals surface area contributed by atoms with Crippen LogP contribution in [0.5, 0.6) is 0 Å². The number of likely N-dealkylation sites (tertiary alicyclic amines) is 1. The van der Waals surface area contributed by atoms with Gasteiger partial charge in [-0.15, -0.1) is 16.4 Å². The van der Waals surface area contributed by atoms with E-state index in [9.17, 15) is 0 Å². The minimum absolute atomic E-state index is 0.545. The first kappa shape index (κ1) is 16.9. The molecule has 25 heavy (non-hydrogen) atoms. The summed E-state index contributed by atoms with van der Waals surface area (Å²) in [6.45, 7) is 9.74. The maximum atomic E-state index is 4.62. The Balaban J connectivity index is 1.29. The van der Waals surface area contributed by atoms with E-state index in [-0.39, 0.29) is 0 Å². The highest BCUT2D eigenvalue weighted by molar-refractivity contribution is 7.09. The highest BCUT2D eigenvalue weighted by Gasteiger charge is 2.37. The van der Waals surface area contributed by atoms with Crippen molar-refractivity contribution in [1.29, 1.82) is 0 Å². The van der Waals surface area contributed by atoms with Gasteiger partial charge in [0.05, 0.1) is 16.4 Å². The minimum atomic E-state index is 0.545. The molecule has 134 valence electrons. The lowest BCUT2D eigenvalue weighted by Gasteiger charge is -2.47. The average molecular weight is 358 g/mol. The molecule has 2 aliphatic rings. The second-order valence-corrected chi connectivity index (χ2v) is 8.72. The van der Waals surface area contributed by atoms with Crippen molar-refractivity contribution in [2.45, 2.75) is 46.1 Å². The van der Waals surface area contributed by atoms with Gasteiger partial charge >= 0.3 is 0 Å². The van der Waals surface area contributed by atoms with Gasteiger partial charge in [-0.2, -0.15) is 5.10 Å². The molecule has 2 saturated heterocycles. The average Bonchev–Trinajstić information content (AvgIpc) is 3.04. The van der Waals surface area contributed by atoms with Crippen LogP contribution in [-0.4, -0.2) is 46.3 Å². The fourth-order valence-electron chi connectivity index (χ4n) is 4.17. The molecule has 5 nitrogen and oxygen atoms in total. The molecule has 0 aromatic carbocycles. The summed E-state index contributed by atoms with van der Waals surface area (Å²) in [6.07, 6.45) is 5.21. The number of hydrogen-bond acceptors (Lipinski definition) is 6. The third-order valence-corrected chi connectivity index (χ3v) is 6.72. The summed E-state index contributed by atoms with van der Waals surface area (Å²) in [5.74, 6) is 1.04. The van der Waals surface area contributed by atoms with E-state index < -0.39 is 0 Å². The Hall–Kier alpha value is -1.53. The fourth-order valence-corrected chi connectivity index (χ4v) is 4.77. The summed E-state index contributed by atoms with van der Waals surface area (Å²) < 4.78 is 0. The van der Waals surface area contributed by atoms with Crippen LogP contribution >= 0.6 is 11.3 Å². The molecule has 0 saturated carbocycles. The van der Waals surface area contributed by atoms with Crippen molar-refractivity contribution >= 4 is 17.2 Å². The van der Waals surface area contributed by atoms with Gasteiger partial charge in [0.15, 0.2) is 5.82 Å². The Labute approximate surface area is 154 Å². The Bertz CT molecular complexity index is 693. The molecule has 0 radical (unpaired) electrons. The number of rotatable bonds is 3. The number of nitrogens with zero attached hydrogens (tertiary/aromatic N) is 5.